The summed E-state index contributed by atoms with van der Waals surface area (Å²) in [5.74, 6) is 1.76. The van der Waals surface area contributed by atoms with Crippen molar-refractivity contribution in [3.63, 3.8) is 0 Å². The average molecular weight is 273 g/mol. The number of nitrogens with zero attached hydrogens (tertiary/aromatic N) is 2. The summed E-state index contributed by atoms with van der Waals surface area (Å²) in [7, 11) is 4.31. The molecule has 3 saturated heterocycles. The maximum Gasteiger partial charge on any atom is 0.0363 e. The number of benzene rings is 1. The molecular weight excluding hydrogens is 246 g/mol. The van der Waals surface area contributed by atoms with Crippen molar-refractivity contribution in [2.75, 3.05) is 45.2 Å². The summed E-state index contributed by atoms with van der Waals surface area (Å²) >= 11 is 0. The standard InChI is InChI=1S/C17H27N3/c1-18-11-17-10-14-8-9-20(17)13-15(14)12-19(2)16-6-4-3-5-7-16/h3-7,14-15,17-18H,8-13H2,1-2H3/t14-,15-,17+/m0/s1. The summed E-state index contributed by atoms with van der Waals surface area (Å²) in [6, 6.07) is 11.6. The van der Waals surface area contributed by atoms with Gasteiger partial charge in [-0.1, -0.05) is 18.2 Å². The molecule has 2 bridgehead atoms. The van der Waals surface area contributed by atoms with Crippen LogP contribution in [0.1, 0.15) is 12.8 Å². The van der Waals surface area contributed by atoms with Gasteiger partial charge in [-0.3, -0.25) is 4.90 Å². The van der Waals surface area contributed by atoms with Crippen LogP contribution in [0.2, 0.25) is 0 Å². The van der Waals surface area contributed by atoms with Gasteiger partial charge in [-0.25, -0.2) is 0 Å². The van der Waals surface area contributed by atoms with Crippen molar-refractivity contribution in [1.82, 2.24) is 10.2 Å². The Bertz CT molecular complexity index is 420. The topological polar surface area (TPSA) is 18.5 Å². The highest BCUT2D eigenvalue weighted by molar-refractivity contribution is 5.45. The normalized spacial score (nSPS) is 32.3. The van der Waals surface area contributed by atoms with E-state index in [2.05, 4.69) is 59.5 Å². The molecule has 4 atom stereocenters. The highest BCUT2D eigenvalue weighted by Crippen LogP contribution is 2.36. The molecule has 3 heterocycles. The van der Waals surface area contributed by atoms with Crippen LogP contribution >= 0.6 is 0 Å². The third-order valence-electron chi connectivity index (χ3n) is 5.16. The quantitative estimate of drug-likeness (QED) is 0.886. The molecule has 20 heavy (non-hydrogen) atoms. The first-order valence-corrected chi connectivity index (χ1v) is 7.92. The number of hydrogen-bond acceptors (Lipinski definition) is 3. The van der Waals surface area contributed by atoms with E-state index in [4.69, 9.17) is 0 Å². The lowest BCUT2D eigenvalue weighted by Crippen LogP contribution is -2.57. The van der Waals surface area contributed by atoms with Crippen molar-refractivity contribution < 1.29 is 0 Å². The summed E-state index contributed by atoms with van der Waals surface area (Å²) in [5, 5.41) is 3.35. The van der Waals surface area contributed by atoms with Gasteiger partial charge in [0.05, 0.1) is 0 Å². The monoisotopic (exact) mass is 273 g/mol. The maximum absolute atomic E-state index is 3.35. The highest BCUT2D eigenvalue weighted by Gasteiger charge is 2.39. The molecule has 3 nitrogen and oxygen atoms in total. The smallest absolute Gasteiger partial charge is 0.0363 e. The molecule has 1 aromatic rings. The fraction of sp³-hybridized carbons (Fsp3) is 0.647. The van der Waals surface area contributed by atoms with Crippen molar-refractivity contribution >= 4 is 5.69 Å². The number of piperidine rings is 3. The van der Waals surface area contributed by atoms with Crippen molar-refractivity contribution in [3.05, 3.63) is 30.3 Å². The zero-order valence-corrected chi connectivity index (χ0v) is 12.8. The van der Waals surface area contributed by atoms with Crippen LogP contribution in [0.25, 0.3) is 0 Å². The van der Waals surface area contributed by atoms with E-state index >= 15 is 0 Å². The number of hydrogen-bond donors (Lipinski definition) is 1. The Morgan fingerprint density at radius 2 is 2.10 bits per heavy atom. The molecule has 110 valence electrons. The van der Waals surface area contributed by atoms with E-state index in [1.165, 1.54) is 38.2 Å². The second-order valence-corrected chi connectivity index (χ2v) is 6.47. The van der Waals surface area contributed by atoms with Crippen LogP contribution in [-0.4, -0.2) is 51.2 Å². The van der Waals surface area contributed by atoms with Crippen LogP contribution in [-0.2, 0) is 0 Å². The number of para-hydroxylation sites is 1. The molecule has 1 N–H and O–H groups in total. The Morgan fingerprint density at radius 3 is 2.75 bits per heavy atom. The summed E-state index contributed by atoms with van der Waals surface area (Å²) in [4.78, 5) is 5.14. The van der Waals surface area contributed by atoms with Gasteiger partial charge >= 0.3 is 0 Å². The van der Waals surface area contributed by atoms with Crippen LogP contribution in [0, 0.1) is 11.8 Å². The molecule has 0 unspecified atom stereocenters. The van der Waals surface area contributed by atoms with Crippen LogP contribution in [0.4, 0.5) is 5.69 Å². The first-order chi connectivity index (χ1) is 9.78. The Labute approximate surface area is 123 Å². The van der Waals surface area contributed by atoms with E-state index in [0.717, 1.165) is 24.4 Å². The Morgan fingerprint density at radius 1 is 1.30 bits per heavy atom. The van der Waals surface area contributed by atoms with E-state index in [1.807, 2.05) is 0 Å². The molecule has 0 aliphatic carbocycles. The summed E-state index contributed by atoms with van der Waals surface area (Å²) < 4.78 is 0. The molecule has 3 fully saturated rings. The minimum atomic E-state index is 0.775. The van der Waals surface area contributed by atoms with Crippen LogP contribution in [0.3, 0.4) is 0 Å². The number of fused-ring (bicyclic) bond motifs is 3. The molecule has 4 rings (SSSR count). The van der Waals surface area contributed by atoms with Gasteiger partial charge in [-0.05, 0) is 50.4 Å². The molecule has 0 amide bonds. The first kappa shape index (κ1) is 13.9. The summed E-state index contributed by atoms with van der Waals surface area (Å²) in [6.07, 6.45) is 2.78. The molecular formula is C17H27N3. The minimum absolute atomic E-state index is 0.775. The van der Waals surface area contributed by atoms with Crippen LogP contribution in [0.5, 0.6) is 0 Å². The van der Waals surface area contributed by atoms with Gasteiger partial charge in [0.2, 0.25) is 0 Å². The Kier molecular flexibility index (Phi) is 4.27. The molecule has 0 spiro atoms. The molecule has 0 saturated carbocycles. The summed E-state index contributed by atoms with van der Waals surface area (Å²) in [5.41, 5.74) is 1.34. The van der Waals surface area contributed by atoms with Crippen molar-refractivity contribution in [2.45, 2.75) is 18.9 Å². The third kappa shape index (κ3) is 2.84. The second-order valence-electron chi connectivity index (χ2n) is 6.47. The lowest BCUT2D eigenvalue weighted by Gasteiger charge is -2.50. The molecule has 3 heteroatoms. The number of likely N-dealkylation sites (N-methyl/N-ethyl adjacent to an activating group) is 1. The number of anilines is 1. The third-order valence-corrected chi connectivity index (χ3v) is 5.16. The van der Waals surface area contributed by atoms with Gasteiger partial charge in [0, 0.05) is 38.4 Å². The highest BCUT2D eigenvalue weighted by atomic mass is 15.2. The molecule has 0 aromatic heterocycles. The zero-order chi connectivity index (χ0) is 13.9. The first-order valence-electron chi connectivity index (χ1n) is 7.92. The van der Waals surface area contributed by atoms with Gasteiger partial charge in [-0.2, -0.15) is 0 Å². The fourth-order valence-corrected chi connectivity index (χ4v) is 4.04. The molecule has 3 aliphatic rings. The van der Waals surface area contributed by atoms with Crippen molar-refractivity contribution in [1.29, 1.82) is 0 Å². The summed E-state index contributed by atoms with van der Waals surface area (Å²) in [6.45, 7) is 4.94. The van der Waals surface area contributed by atoms with Crippen LogP contribution < -0.4 is 10.2 Å². The Hall–Kier alpha value is -1.06. The second kappa shape index (κ2) is 6.15. The van der Waals surface area contributed by atoms with E-state index < -0.39 is 0 Å². The largest absolute Gasteiger partial charge is 0.374 e. The lowest BCUT2D eigenvalue weighted by molar-refractivity contribution is 0.00566. The predicted molar refractivity (Wildman–Crippen MR) is 85.2 cm³/mol. The molecule has 1 aromatic carbocycles. The zero-order valence-electron chi connectivity index (χ0n) is 12.8. The maximum atomic E-state index is 3.35. The molecule has 3 aliphatic heterocycles. The van der Waals surface area contributed by atoms with E-state index in [9.17, 15) is 0 Å². The van der Waals surface area contributed by atoms with Gasteiger partial charge in [0.25, 0.3) is 0 Å². The fourth-order valence-electron chi connectivity index (χ4n) is 4.04. The minimum Gasteiger partial charge on any atom is -0.374 e. The van der Waals surface area contributed by atoms with Crippen LogP contribution in [0.15, 0.2) is 30.3 Å². The van der Waals surface area contributed by atoms with Gasteiger partial charge < -0.3 is 10.2 Å². The van der Waals surface area contributed by atoms with Gasteiger partial charge in [0.1, 0.15) is 0 Å². The van der Waals surface area contributed by atoms with Gasteiger partial charge in [-0.15, -0.1) is 0 Å². The number of rotatable bonds is 5. The van der Waals surface area contributed by atoms with E-state index in [0.29, 0.717) is 0 Å². The van der Waals surface area contributed by atoms with E-state index in [-0.39, 0.29) is 0 Å². The predicted octanol–water partition coefficient (Wildman–Crippen LogP) is 2.05. The number of nitrogens with one attached hydrogen (secondary N) is 1. The van der Waals surface area contributed by atoms with Crippen molar-refractivity contribution in [2.24, 2.45) is 11.8 Å². The SMILES string of the molecule is CNC[C@H]1C[C@@H]2CC[N@@]1C[C@@H]2CN(C)c1ccccc1. The van der Waals surface area contributed by atoms with Crippen molar-refractivity contribution in [3.8, 4) is 0 Å². The average Bonchev–Trinajstić information content (AvgIpc) is 2.50. The lowest BCUT2D eigenvalue weighted by atomic mass is 9.75. The van der Waals surface area contributed by atoms with Gasteiger partial charge in [0.15, 0.2) is 0 Å². The van der Waals surface area contributed by atoms with E-state index in [1.54, 1.807) is 0 Å². The molecule has 0 radical (unpaired) electrons. The Balaban J connectivity index is 1.60.